The molecule has 3 atom stereocenters. The Morgan fingerprint density at radius 3 is 2.67 bits per heavy atom. The number of carbonyl (C=O) groups excluding carboxylic acids is 2. The van der Waals surface area contributed by atoms with E-state index >= 15 is 0 Å². The molecule has 2 bridgehead atoms. The lowest BCUT2D eigenvalue weighted by Crippen LogP contribution is -2.63. The van der Waals surface area contributed by atoms with Crippen LogP contribution in [0.5, 0.6) is 0 Å². The van der Waals surface area contributed by atoms with Gasteiger partial charge in [-0.3, -0.25) is 15.1 Å². The van der Waals surface area contributed by atoms with Gasteiger partial charge in [0, 0.05) is 44.7 Å². The molecule has 7 heteroatoms. The van der Waals surface area contributed by atoms with Gasteiger partial charge < -0.3 is 9.64 Å². The molecule has 3 unspecified atom stereocenters. The summed E-state index contributed by atoms with van der Waals surface area (Å²) in [5.74, 6) is 0.738. The van der Waals surface area contributed by atoms with E-state index in [0.717, 1.165) is 58.3 Å². The van der Waals surface area contributed by atoms with Crippen molar-refractivity contribution in [3.63, 3.8) is 0 Å². The van der Waals surface area contributed by atoms with Crippen LogP contribution in [0.2, 0.25) is 0 Å². The van der Waals surface area contributed by atoms with Crippen molar-refractivity contribution in [1.82, 2.24) is 20.2 Å². The molecular formula is C20H34N4O3. The van der Waals surface area contributed by atoms with Crippen molar-refractivity contribution in [3.8, 4) is 0 Å². The number of amides is 2. The van der Waals surface area contributed by atoms with E-state index in [4.69, 9.17) is 4.74 Å². The number of fused-ring (bicyclic) bond motifs is 3. The molecule has 0 radical (unpaired) electrons. The molecule has 4 heterocycles. The second-order valence-electron chi connectivity index (χ2n) is 8.77. The van der Waals surface area contributed by atoms with Crippen LogP contribution in [0.25, 0.3) is 0 Å². The maximum Gasteiger partial charge on any atom is 0.410 e. The normalized spacial score (nSPS) is 33.5. The lowest BCUT2D eigenvalue weighted by atomic mass is 9.74. The SMILES string of the molecule is CCCN1NC(=O)CC12CCN(C1CC3CCC1CN3C(=O)OCC)CC2. The summed E-state index contributed by atoms with van der Waals surface area (Å²) in [6.45, 7) is 8.39. The van der Waals surface area contributed by atoms with Gasteiger partial charge in [-0.15, -0.1) is 0 Å². The Morgan fingerprint density at radius 2 is 2.04 bits per heavy atom. The van der Waals surface area contributed by atoms with Crippen molar-refractivity contribution in [2.45, 2.75) is 76.4 Å². The Balaban J connectivity index is 1.37. The van der Waals surface area contributed by atoms with Crippen LogP contribution in [0.3, 0.4) is 0 Å². The van der Waals surface area contributed by atoms with E-state index in [1.165, 1.54) is 6.42 Å². The van der Waals surface area contributed by atoms with Crippen LogP contribution >= 0.6 is 0 Å². The van der Waals surface area contributed by atoms with Gasteiger partial charge in [0.15, 0.2) is 0 Å². The number of rotatable bonds is 4. The standard InChI is InChI=1S/C20H34N4O3/c1-3-9-24-20(13-18(25)21-24)7-10-22(11-8-20)17-12-16-6-5-15(17)14-23(16)19(26)27-4-2/h15-17H,3-14H2,1-2H3,(H,21,25). The van der Waals surface area contributed by atoms with Crippen molar-refractivity contribution in [3.05, 3.63) is 0 Å². The van der Waals surface area contributed by atoms with Crippen molar-refractivity contribution in [2.75, 3.05) is 32.8 Å². The smallest absolute Gasteiger partial charge is 0.410 e. The van der Waals surface area contributed by atoms with E-state index in [0.29, 0.717) is 31.0 Å². The summed E-state index contributed by atoms with van der Waals surface area (Å²) >= 11 is 0. The first-order valence-corrected chi connectivity index (χ1v) is 10.8. The van der Waals surface area contributed by atoms with Crippen molar-refractivity contribution < 1.29 is 14.3 Å². The highest BCUT2D eigenvalue weighted by molar-refractivity contribution is 5.79. The fraction of sp³-hybridized carbons (Fsp3) is 0.900. The summed E-state index contributed by atoms with van der Waals surface area (Å²) < 4.78 is 5.25. The van der Waals surface area contributed by atoms with Crippen LogP contribution in [-0.2, 0) is 9.53 Å². The third kappa shape index (κ3) is 3.44. The topological polar surface area (TPSA) is 65.1 Å². The zero-order valence-electron chi connectivity index (χ0n) is 16.8. The molecular weight excluding hydrogens is 344 g/mol. The van der Waals surface area contributed by atoms with Gasteiger partial charge in [0.25, 0.3) is 0 Å². The molecule has 5 aliphatic rings. The number of piperidine rings is 3. The molecule has 5 fully saturated rings. The predicted octanol–water partition coefficient (Wildman–Crippen LogP) is 1.98. The van der Waals surface area contributed by atoms with Gasteiger partial charge in [-0.2, -0.15) is 0 Å². The summed E-state index contributed by atoms with van der Waals surface area (Å²) in [5.41, 5.74) is 3.11. The molecule has 2 amide bonds. The molecule has 1 saturated carbocycles. The van der Waals surface area contributed by atoms with Gasteiger partial charge in [-0.1, -0.05) is 6.92 Å². The van der Waals surface area contributed by atoms with Crippen LogP contribution in [0.15, 0.2) is 0 Å². The lowest BCUT2D eigenvalue weighted by Gasteiger charge is -2.54. The summed E-state index contributed by atoms with van der Waals surface area (Å²) in [7, 11) is 0. The fourth-order valence-corrected chi connectivity index (χ4v) is 5.90. The molecule has 152 valence electrons. The van der Waals surface area contributed by atoms with Gasteiger partial charge in [0.1, 0.15) is 0 Å². The zero-order chi connectivity index (χ0) is 19.0. The van der Waals surface area contributed by atoms with Crippen molar-refractivity contribution in [2.24, 2.45) is 5.92 Å². The average molecular weight is 379 g/mol. The third-order valence-corrected chi connectivity index (χ3v) is 7.27. The van der Waals surface area contributed by atoms with Crippen molar-refractivity contribution in [1.29, 1.82) is 0 Å². The maximum absolute atomic E-state index is 12.2. The summed E-state index contributed by atoms with van der Waals surface area (Å²) in [6, 6.07) is 0.915. The second kappa shape index (κ2) is 7.59. The van der Waals surface area contributed by atoms with E-state index in [2.05, 4.69) is 22.3 Å². The van der Waals surface area contributed by atoms with Gasteiger partial charge >= 0.3 is 6.09 Å². The largest absolute Gasteiger partial charge is 0.450 e. The monoisotopic (exact) mass is 378 g/mol. The van der Waals surface area contributed by atoms with Gasteiger partial charge in [-0.25, -0.2) is 9.80 Å². The molecule has 5 rings (SSSR count). The van der Waals surface area contributed by atoms with Crippen LogP contribution in [0.4, 0.5) is 4.79 Å². The molecule has 4 saturated heterocycles. The zero-order valence-corrected chi connectivity index (χ0v) is 16.8. The second-order valence-corrected chi connectivity index (χ2v) is 8.77. The molecule has 1 N–H and O–H groups in total. The Kier molecular flexibility index (Phi) is 5.34. The van der Waals surface area contributed by atoms with E-state index in [9.17, 15) is 9.59 Å². The number of nitrogens with one attached hydrogen (secondary N) is 1. The molecule has 0 aromatic carbocycles. The molecule has 7 nitrogen and oxygen atoms in total. The Morgan fingerprint density at radius 1 is 1.26 bits per heavy atom. The molecule has 0 aromatic rings. The van der Waals surface area contributed by atoms with Gasteiger partial charge in [0.2, 0.25) is 5.91 Å². The maximum atomic E-state index is 12.2. The highest BCUT2D eigenvalue weighted by Crippen LogP contribution is 2.42. The average Bonchev–Trinajstić information content (AvgIpc) is 2.98. The molecule has 4 aliphatic heterocycles. The molecule has 1 spiro atoms. The summed E-state index contributed by atoms with van der Waals surface area (Å²) in [6.07, 6.45) is 7.09. The minimum Gasteiger partial charge on any atom is -0.450 e. The van der Waals surface area contributed by atoms with E-state index in [1.54, 1.807) is 0 Å². The van der Waals surface area contributed by atoms with E-state index in [1.807, 2.05) is 11.8 Å². The highest BCUT2D eigenvalue weighted by Gasteiger charge is 2.50. The minimum absolute atomic E-state index is 0.0221. The lowest BCUT2D eigenvalue weighted by molar-refractivity contribution is -0.121. The van der Waals surface area contributed by atoms with Crippen LogP contribution in [0.1, 0.15) is 58.8 Å². The van der Waals surface area contributed by atoms with Crippen LogP contribution in [-0.4, -0.2) is 77.2 Å². The molecule has 0 aromatic heterocycles. The number of likely N-dealkylation sites (tertiary alicyclic amines) is 1. The number of hydrazine groups is 1. The Bertz CT molecular complexity index is 576. The Hall–Kier alpha value is -1.34. The first-order valence-electron chi connectivity index (χ1n) is 10.8. The van der Waals surface area contributed by atoms with E-state index in [-0.39, 0.29) is 17.5 Å². The van der Waals surface area contributed by atoms with Gasteiger partial charge in [0.05, 0.1) is 12.1 Å². The Labute approximate surface area is 162 Å². The number of ether oxygens (including phenoxy) is 1. The summed E-state index contributed by atoms with van der Waals surface area (Å²) in [4.78, 5) is 28.9. The van der Waals surface area contributed by atoms with Crippen molar-refractivity contribution >= 4 is 12.0 Å². The fourth-order valence-electron chi connectivity index (χ4n) is 5.90. The molecule has 27 heavy (non-hydrogen) atoms. The number of carbonyl (C=O) groups is 2. The van der Waals surface area contributed by atoms with Crippen LogP contribution in [0, 0.1) is 5.92 Å². The predicted molar refractivity (Wildman–Crippen MR) is 102 cm³/mol. The summed E-state index contributed by atoms with van der Waals surface area (Å²) in [5, 5.41) is 2.22. The first kappa shape index (κ1) is 19.0. The quantitative estimate of drug-likeness (QED) is 0.810. The number of hydrogen-bond acceptors (Lipinski definition) is 5. The first-order chi connectivity index (χ1) is 13.1. The highest BCUT2D eigenvalue weighted by atomic mass is 16.6. The number of hydrogen-bond donors (Lipinski definition) is 1. The van der Waals surface area contributed by atoms with Crippen LogP contribution < -0.4 is 5.43 Å². The third-order valence-electron chi connectivity index (χ3n) is 7.27. The van der Waals surface area contributed by atoms with Gasteiger partial charge in [-0.05, 0) is 51.4 Å². The number of nitrogens with zero attached hydrogens (tertiary/aromatic N) is 3. The van der Waals surface area contributed by atoms with E-state index < -0.39 is 0 Å². The minimum atomic E-state index is -0.131. The molecule has 1 aliphatic carbocycles.